The Hall–Kier alpha value is -1.55. The lowest BCUT2D eigenvalue weighted by Crippen LogP contribution is -2.48. The molecule has 1 aromatic rings. The molecule has 1 aliphatic rings. The van der Waals surface area contributed by atoms with E-state index < -0.39 is 6.10 Å². The molecule has 2 atom stereocenters. The summed E-state index contributed by atoms with van der Waals surface area (Å²) in [7, 11) is 0. The molecule has 0 fully saturated rings. The van der Waals surface area contributed by atoms with Crippen molar-refractivity contribution in [2.45, 2.75) is 46.3 Å². The second kappa shape index (κ2) is 5.83. The summed E-state index contributed by atoms with van der Waals surface area (Å²) in [5, 5.41) is 0. The van der Waals surface area contributed by atoms with Crippen LogP contribution in [0.3, 0.4) is 0 Å². The largest absolute Gasteiger partial charge is 0.478 e. The van der Waals surface area contributed by atoms with Crippen LogP contribution in [0.1, 0.15) is 45.7 Å². The van der Waals surface area contributed by atoms with Crippen LogP contribution in [0.15, 0.2) is 18.2 Å². The van der Waals surface area contributed by atoms with E-state index >= 15 is 0 Å². The molecule has 0 saturated carbocycles. The molecular weight excluding hydrogens is 252 g/mol. The Bertz CT molecular complexity index is 497. The average molecular weight is 276 g/mol. The number of fused-ring (bicyclic) bond motifs is 1. The van der Waals surface area contributed by atoms with Crippen LogP contribution >= 0.6 is 0 Å². The molecule has 0 aromatic heterocycles. The molecule has 0 spiro atoms. The first-order chi connectivity index (χ1) is 9.45. The molecule has 0 bridgehead atoms. The molecular formula is C16H24N2O2. The highest BCUT2D eigenvalue weighted by atomic mass is 16.5. The molecule has 110 valence electrons. The van der Waals surface area contributed by atoms with Gasteiger partial charge in [-0.25, -0.2) is 0 Å². The zero-order valence-electron chi connectivity index (χ0n) is 12.7. The Morgan fingerprint density at radius 1 is 1.35 bits per heavy atom. The van der Waals surface area contributed by atoms with Crippen LogP contribution < -0.4 is 15.4 Å². The lowest BCUT2D eigenvalue weighted by molar-refractivity contribution is -0.128. The number of benzene rings is 1. The van der Waals surface area contributed by atoms with Crippen molar-refractivity contribution < 1.29 is 9.53 Å². The summed E-state index contributed by atoms with van der Waals surface area (Å²) in [6, 6.07) is 5.82. The van der Waals surface area contributed by atoms with E-state index in [0.717, 1.165) is 23.4 Å². The first kappa shape index (κ1) is 14.9. The van der Waals surface area contributed by atoms with Gasteiger partial charge >= 0.3 is 0 Å². The van der Waals surface area contributed by atoms with Gasteiger partial charge < -0.3 is 15.4 Å². The van der Waals surface area contributed by atoms with Crippen molar-refractivity contribution in [2.75, 3.05) is 11.4 Å². The van der Waals surface area contributed by atoms with Crippen molar-refractivity contribution in [3.8, 4) is 5.75 Å². The molecule has 4 heteroatoms. The minimum absolute atomic E-state index is 0.0520. The van der Waals surface area contributed by atoms with Gasteiger partial charge in [0.25, 0.3) is 5.91 Å². The van der Waals surface area contributed by atoms with Gasteiger partial charge in [0.15, 0.2) is 6.10 Å². The summed E-state index contributed by atoms with van der Waals surface area (Å²) in [4.78, 5) is 14.4. The summed E-state index contributed by atoms with van der Waals surface area (Å²) < 4.78 is 5.88. The van der Waals surface area contributed by atoms with Gasteiger partial charge in [-0.2, -0.15) is 0 Å². The fourth-order valence-electron chi connectivity index (χ4n) is 2.46. The van der Waals surface area contributed by atoms with Crippen molar-refractivity contribution in [3.05, 3.63) is 23.8 Å². The Balaban J connectivity index is 2.45. The van der Waals surface area contributed by atoms with Crippen LogP contribution in [-0.2, 0) is 4.79 Å². The molecule has 0 saturated heterocycles. The number of ether oxygens (including phenoxy) is 1. The summed E-state index contributed by atoms with van der Waals surface area (Å²) >= 11 is 0. The van der Waals surface area contributed by atoms with E-state index in [2.05, 4.69) is 6.92 Å². The fourth-order valence-corrected chi connectivity index (χ4v) is 2.46. The number of hydrogen-bond donors (Lipinski definition) is 1. The van der Waals surface area contributed by atoms with Gasteiger partial charge in [0, 0.05) is 12.6 Å². The molecule has 2 N–H and O–H groups in total. The number of anilines is 1. The summed E-state index contributed by atoms with van der Waals surface area (Å²) in [5.41, 5.74) is 7.80. The minimum atomic E-state index is -0.393. The minimum Gasteiger partial charge on any atom is -0.478 e. The molecule has 2 rings (SSSR count). The van der Waals surface area contributed by atoms with E-state index in [4.69, 9.17) is 10.5 Å². The maximum Gasteiger partial charge on any atom is 0.268 e. The van der Waals surface area contributed by atoms with Gasteiger partial charge in [-0.1, -0.05) is 26.8 Å². The fraction of sp³-hybridized carbons (Fsp3) is 0.562. The third-order valence-electron chi connectivity index (χ3n) is 3.62. The van der Waals surface area contributed by atoms with Gasteiger partial charge in [0.05, 0.1) is 5.69 Å². The van der Waals surface area contributed by atoms with Gasteiger partial charge in [0.2, 0.25) is 0 Å². The monoisotopic (exact) mass is 276 g/mol. The van der Waals surface area contributed by atoms with Gasteiger partial charge in [-0.15, -0.1) is 0 Å². The van der Waals surface area contributed by atoms with E-state index in [1.54, 1.807) is 0 Å². The Morgan fingerprint density at radius 3 is 2.60 bits per heavy atom. The highest BCUT2D eigenvalue weighted by Gasteiger charge is 2.35. The number of carbonyl (C=O) groups is 1. The first-order valence-corrected chi connectivity index (χ1v) is 7.33. The summed E-state index contributed by atoms with van der Waals surface area (Å²) in [6.45, 7) is 8.74. The van der Waals surface area contributed by atoms with Crippen molar-refractivity contribution in [1.29, 1.82) is 0 Å². The Labute approximate surface area is 120 Å². The van der Waals surface area contributed by atoms with Crippen LogP contribution in [0.4, 0.5) is 5.69 Å². The molecule has 2 unspecified atom stereocenters. The van der Waals surface area contributed by atoms with Gasteiger partial charge in [-0.3, -0.25) is 4.79 Å². The zero-order chi connectivity index (χ0) is 14.9. The van der Waals surface area contributed by atoms with Crippen molar-refractivity contribution in [1.82, 2.24) is 0 Å². The van der Waals surface area contributed by atoms with Gasteiger partial charge in [-0.05, 0) is 37.0 Å². The van der Waals surface area contributed by atoms with Crippen molar-refractivity contribution in [2.24, 2.45) is 11.7 Å². The number of nitrogens with zero attached hydrogens (tertiary/aromatic N) is 1. The third kappa shape index (κ3) is 2.66. The maximum atomic E-state index is 12.6. The van der Waals surface area contributed by atoms with Gasteiger partial charge in [0.1, 0.15) is 5.75 Å². The Kier molecular flexibility index (Phi) is 4.33. The predicted molar refractivity (Wildman–Crippen MR) is 80.9 cm³/mol. The number of rotatable bonds is 4. The van der Waals surface area contributed by atoms with E-state index in [0.29, 0.717) is 6.54 Å². The predicted octanol–water partition coefficient (Wildman–Crippen LogP) is 2.87. The molecule has 4 nitrogen and oxygen atoms in total. The number of nitrogens with two attached hydrogens (primary N) is 1. The summed E-state index contributed by atoms with van der Waals surface area (Å²) in [5.74, 6) is 0.987. The number of amides is 1. The van der Waals surface area contributed by atoms with E-state index in [1.165, 1.54) is 0 Å². The quantitative estimate of drug-likeness (QED) is 0.920. The molecule has 20 heavy (non-hydrogen) atoms. The molecule has 0 aliphatic carbocycles. The van der Waals surface area contributed by atoms with Crippen LogP contribution in [0, 0.1) is 5.92 Å². The lowest BCUT2D eigenvalue weighted by atomic mass is 10.0. The normalized spacial score (nSPS) is 19.8. The molecule has 1 heterocycles. The van der Waals surface area contributed by atoms with Crippen LogP contribution in [-0.4, -0.2) is 18.6 Å². The second-order valence-corrected chi connectivity index (χ2v) is 5.79. The van der Waals surface area contributed by atoms with Crippen LogP contribution in [0.2, 0.25) is 0 Å². The van der Waals surface area contributed by atoms with Crippen molar-refractivity contribution >= 4 is 11.6 Å². The zero-order valence-corrected chi connectivity index (χ0v) is 12.7. The highest BCUT2D eigenvalue weighted by Crippen LogP contribution is 2.37. The maximum absolute atomic E-state index is 12.6. The molecule has 1 amide bonds. The van der Waals surface area contributed by atoms with E-state index in [-0.39, 0.29) is 17.9 Å². The number of carbonyl (C=O) groups excluding carboxylic acids is 1. The second-order valence-electron chi connectivity index (χ2n) is 5.79. The van der Waals surface area contributed by atoms with E-state index in [9.17, 15) is 4.79 Å². The SMILES string of the molecule is CCCN1C(=O)C(C(C)C)Oc2ccc(C(C)N)cc21. The number of hydrogen-bond acceptors (Lipinski definition) is 3. The summed E-state index contributed by atoms with van der Waals surface area (Å²) in [6.07, 6.45) is 0.522. The molecule has 1 aromatic carbocycles. The molecule has 1 aliphatic heterocycles. The van der Waals surface area contributed by atoms with Crippen LogP contribution in [0.5, 0.6) is 5.75 Å². The van der Waals surface area contributed by atoms with Crippen molar-refractivity contribution in [3.63, 3.8) is 0 Å². The topological polar surface area (TPSA) is 55.6 Å². The lowest BCUT2D eigenvalue weighted by Gasteiger charge is -2.36. The van der Waals surface area contributed by atoms with E-state index in [1.807, 2.05) is 43.9 Å². The highest BCUT2D eigenvalue weighted by molar-refractivity contribution is 6.00. The standard InChI is InChI=1S/C16H24N2O2/c1-5-8-18-13-9-12(11(4)17)6-7-14(13)20-15(10(2)3)16(18)19/h6-7,9-11,15H,5,8,17H2,1-4H3. The average Bonchev–Trinajstić information content (AvgIpc) is 2.40. The first-order valence-electron chi connectivity index (χ1n) is 7.33. The smallest absolute Gasteiger partial charge is 0.268 e. The molecule has 0 radical (unpaired) electrons. The third-order valence-corrected chi connectivity index (χ3v) is 3.62. The Morgan fingerprint density at radius 2 is 2.05 bits per heavy atom. The van der Waals surface area contributed by atoms with Crippen LogP contribution in [0.25, 0.3) is 0 Å².